The Bertz CT molecular complexity index is 945. The molecule has 1 fully saturated rings. The molecule has 1 aliphatic carbocycles. The van der Waals surface area contributed by atoms with Crippen LogP contribution in [0.1, 0.15) is 29.2 Å². The molecule has 1 aliphatic heterocycles. The van der Waals surface area contributed by atoms with Gasteiger partial charge in [0.15, 0.2) is 0 Å². The Labute approximate surface area is 159 Å². The topological polar surface area (TPSA) is 76.5 Å². The number of carbonyl (C=O) groups excluding carboxylic acids is 1. The van der Waals surface area contributed by atoms with Gasteiger partial charge in [-0.3, -0.25) is 4.79 Å². The number of amides is 2. The summed E-state index contributed by atoms with van der Waals surface area (Å²) in [7, 11) is 1.61. The number of hydrogen-bond donors (Lipinski definition) is 1. The van der Waals surface area contributed by atoms with Gasteiger partial charge in [0.1, 0.15) is 5.75 Å². The van der Waals surface area contributed by atoms with Gasteiger partial charge in [0, 0.05) is 50.1 Å². The number of nitrogens with zero attached hydrogens (tertiary/aromatic N) is 3. The smallest absolute Gasteiger partial charge is 0.387 e. The molecule has 148 valence electrons. The number of alkyl halides is 2. The van der Waals surface area contributed by atoms with E-state index in [-0.39, 0.29) is 29.3 Å². The molecule has 4 rings (SSSR count). The fourth-order valence-electron chi connectivity index (χ4n) is 3.54. The van der Waals surface area contributed by atoms with Gasteiger partial charge in [0.05, 0.1) is 5.69 Å². The van der Waals surface area contributed by atoms with Crippen LogP contribution in [0.25, 0.3) is 0 Å². The van der Waals surface area contributed by atoms with E-state index in [9.17, 15) is 18.4 Å². The number of aryl methyl sites for hydroxylation is 1. The van der Waals surface area contributed by atoms with Gasteiger partial charge in [-0.25, -0.2) is 9.48 Å². The minimum absolute atomic E-state index is 0.0116. The number of carbonyl (C=O) groups is 1. The van der Waals surface area contributed by atoms with Crippen LogP contribution in [0.15, 0.2) is 35.1 Å². The minimum atomic E-state index is -2.84. The summed E-state index contributed by atoms with van der Waals surface area (Å²) in [5, 5.41) is 7.25. The van der Waals surface area contributed by atoms with Gasteiger partial charge in [-0.2, -0.15) is 13.9 Å². The summed E-state index contributed by atoms with van der Waals surface area (Å²) in [5.41, 5.74) is 2.42. The Balaban J connectivity index is 1.34. The summed E-state index contributed by atoms with van der Waals surface area (Å²) >= 11 is 0. The van der Waals surface area contributed by atoms with Crippen molar-refractivity contribution in [2.75, 3.05) is 6.54 Å². The summed E-state index contributed by atoms with van der Waals surface area (Å²) in [6.45, 7) is -1.94. The highest BCUT2D eigenvalue weighted by Gasteiger charge is 2.40. The number of urea groups is 1. The van der Waals surface area contributed by atoms with Crippen LogP contribution in [0.2, 0.25) is 0 Å². The van der Waals surface area contributed by atoms with Gasteiger partial charge in [-0.05, 0) is 24.1 Å². The Morgan fingerprint density at radius 1 is 1.32 bits per heavy atom. The first kappa shape index (κ1) is 18.4. The fraction of sp³-hybridized carbons (Fsp3) is 0.421. The maximum atomic E-state index is 12.6. The first-order valence-corrected chi connectivity index (χ1v) is 9.07. The maximum absolute atomic E-state index is 12.6. The highest BCUT2D eigenvalue weighted by molar-refractivity contribution is 5.75. The predicted octanol–water partition coefficient (Wildman–Crippen LogP) is 2.01. The highest BCUT2D eigenvalue weighted by atomic mass is 19.3. The summed E-state index contributed by atoms with van der Waals surface area (Å²) in [5.74, 6) is 0.280. The van der Waals surface area contributed by atoms with Gasteiger partial charge in [0.25, 0.3) is 5.56 Å². The molecule has 1 aromatic carbocycles. The lowest BCUT2D eigenvalue weighted by molar-refractivity contribution is -0.0498. The summed E-state index contributed by atoms with van der Waals surface area (Å²) in [4.78, 5) is 26.0. The lowest BCUT2D eigenvalue weighted by Gasteiger charge is -2.28. The van der Waals surface area contributed by atoms with Crippen LogP contribution in [0, 0.1) is 0 Å². The quantitative estimate of drug-likeness (QED) is 0.867. The van der Waals surface area contributed by atoms with E-state index in [1.54, 1.807) is 24.1 Å². The number of hydrogen-bond acceptors (Lipinski definition) is 4. The van der Waals surface area contributed by atoms with Crippen LogP contribution in [-0.4, -0.2) is 39.9 Å². The molecule has 1 saturated carbocycles. The van der Waals surface area contributed by atoms with Crippen LogP contribution in [0.5, 0.6) is 5.75 Å². The van der Waals surface area contributed by atoms with Crippen LogP contribution < -0.4 is 15.6 Å². The summed E-state index contributed by atoms with van der Waals surface area (Å²) in [6.07, 6.45) is 1.41. The fourth-order valence-corrected chi connectivity index (χ4v) is 3.54. The van der Waals surface area contributed by atoms with Crippen molar-refractivity contribution in [3.05, 3.63) is 57.5 Å². The van der Waals surface area contributed by atoms with Crippen molar-refractivity contribution < 1.29 is 18.3 Å². The van der Waals surface area contributed by atoms with Crippen LogP contribution in [0.3, 0.4) is 0 Å². The molecule has 2 atom stereocenters. The van der Waals surface area contributed by atoms with Crippen molar-refractivity contribution in [1.82, 2.24) is 20.0 Å². The Morgan fingerprint density at radius 3 is 2.79 bits per heavy atom. The molecule has 0 spiro atoms. The van der Waals surface area contributed by atoms with Gasteiger partial charge in [-0.1, -0.05) is 12.1 Å². The summed E-state index contributed by atoms with van der Waals surface area (Å²) < 4.78 is 30.1. The van der Waals surface area contributed by atoms with Gasteiger partial charge >= 0.3 is 12.6 Å². The monoisotopic (exact) mass is 390 g/mol. The first-order valence-electron chi connectivity index (χ1n) is 9.07. The minimum Gasteiger partial charge on any atom is -0.435 e. The van der Waals surface area contributed by atoms with Gasteiger partial charge in [-0.15, -0.1) is 0 Å². The molecule has 0 bridgehead atoms. The third kappa shape index (κ3) is 3.83. The Morgan fingerprint density at radius 2 is 2.07 bits per heavy atom. The average molecular weight is 390 g/mol. The molecule has 7 nitrogen and oxygen atoms in total. The molecule has 0 saturated heterocycles. The maximum Gasteiger partial charge on any atom is 0.387 e. The molecule has 2 amide bonds. The van der Waals surface area contributed by atoms with Crippen molar-refractivity contribution in [3.63, 3.8) is 0 Å². The number of benzene rings is 1. The number of fused-ring (bicyclic) bond motifs is 1. The number of rotatable bonds is 4. The largest absolute Gasteiger partial charge is 0.435 e. The van der Waals surface area contributed by atoms with Gasteiger partial charge in [0.2, 0.25) is 0 Å². The van der Waals surface area contributed by atoms with Crippen molar-refractivity contribution in [2.24, 2.45) is 7.05 Å². The number of ether oxygens (including phenoxy) is 1. The van der Waals surface area contributed by atoms with E-state index >= 15 is 0 Å². The number of aromatic nitrogens is 2. The molecular weight excluding hydrogens is 370 g/mol. The standard InChI is InChI=1S/C19H20F2N4O3/c1-24-17(26)8-12-10-25(7-6-15(12)23-24)19(27)22-16-9-14(16)11-2-4-13(5-3-11)28-18(20)21/h2-5,8,14,16,18H,6-7,9-10H2,1H3,(H,22,27)/t14-,16+/m0/s1. The molecule has 0 radical (unpaired) electrons. The number of nitrogens with one attached hydrogen (secondary N) is 1. The van der Waals surface area contributed by atoms with E-state index in [1.165, 1.54) is 22.9 Å². The molecule has 2 aliphatic rings. The van der Waals surface area contributed by atoms with Crippen LogP contribution in [0.4, 0.5) is 13.6 Å². The normalized spacial score (nSPS) is 20.6. The van der Waals surface area contributed by atoms with E-state index in [2.05, 4.69) is 15.2 Å². The van der Waals surface area contributed by atoms with E-state index in [4.69, 9.17) is 0 Å². The van der Waals surface area contributed by atoms with E-state index < -0.39 is 6.61 Å². The van der Waals surface area contributed by atoms with Crippen molar-refractivity contribution in [2.45, 2.75) is 38.0 Å². The van der Waals surface area contributed by atoms with Crippen LogP contribution >= 0.6 is 0 Å². The molecule has 9 heteroatoms. The first-order chi connectivity index (χ1) is 13.4. The summed E-state index contributed by atoms with van der Waals surface area (Å²) in [6, 6.07) is 7.88. The van der Waals surface area contributed by atoms with Crippen molar-refractivity contribution >= 4 is 6.03 Å². The lowest BCUT2D eigenvalue weighted by atomic mass is 10.1. The van der Waals surface area contributed by atoms with Gasteiger partial charge < -0.3 is 15.0 Å². The average Bonchev–Trinajstić information content (AvgIpc) is 3.41. The predicted molar refractivity (Wildman–Crippen MR) is 96.3 cm³/mol. The SMILES string of the molecule is Cn1nc2c(cc1=O)CN(C(=O)N[C@@H]1C[C@H]1c1ccc(OC(F)F)cc1)CC2. The lowest BCUT2D eigenvalue weighted by Crippen LogP contribution is -2.44. The molecule has 0 unspecified atom stereocenters. The second-order valence-electron chi connectivity index (χ2n) is 7.10. The van der Waals surface area contributed by atoms with E-state index in [0.717, 1.165) is 23.2 Å². The zero-order chi connectivity index (χ0) is 19.8. The Hall–Kier alpha value is -2.97. The molecular formula is C19H20F2N4O3. The van der Waals surface area contributed by atoms with E-state index in [0.29, 0.717) is 19.5 Å². The second kappa shape index (κ2) is 7.21. The van der Waals surface area contributed by atoms with Crippen LogP contribution in [-0.2, 0) is 20.0 Å². The molecule has 1 N–H and O–H groups in total. The molecule has 1 aromatic heterocycles. The third-order valence-electron chi connectivity index (χ3n) is 5.16. The van der Waals surface area contributed by atoms with E-state index in [1.807, 2.05) is 0 Å². The zero-order valence-electron chi connectivity index (χ0n) is 15.3. The van der Waals surface area contributed by atoms with Crippen molar-refractivity contribution in [3.8, 4) is 5.75 Å². The highest BCUT2D eigenvalue weighted by Crippen LogP contribution is 2.41. The second-order valence-corrected chi connectivity index (χ2v) is 7.10. The molecule has 2 heterocycles. The molecule has 2 aromatic rings. The zero-order valence-corrected chi connectivity index (χ0v) is 15.3. The third-order valence-corrected chi connectivity index (χ3v) is 5.16. The Kier molecular flexibility index (Phi) is 4.74. The van der Waals surface area contributed by atoms with Crippen molar-refractivity contribution in [1.29, 1.82) is 0 Å². The molecule has 28 heavy (non-hydrogen) atoms. The number of halogens is 2.